The van der Waals surface area contributed by atoms with Crippen LogP contribution in [-0.2, 0) is 0 Å². The molecule has 4 aromatic carbocycles. The van der Waals surface area contributed by atoms with Crippen LogP contribution in [0.3, 0.4) is 0 Å². The summed E-state index contributed by atoms with van der Waals surface area (Å²) in [6.45, 7) is 3.28. The van der Waals surface area contributed by atoms with Crippen molar-refractivity contribution < 1.29 is 9.52 Å². The molecule has 0 aliphatic heterocycles. The van der Waals surface area contributed by atoms with Gasteiger partial charge in [0.15, 0.2) is 0 Å². The van der Waals surface area contributed by atoms with Gasteiger partial charge in [-0.1, -0.05) is 60.7 Å². The van der Waals surface area contributed by atoms with Crippen molar-refractivity contribution in [3.05, 3.63) is 112 Å². The van der Waals surface area contributed by atoms with E-state index in [0.717, 1.165) is 27.1 Å². The Labute approximate surface area is 196 Å². The molecule has 1 aromatic heterocycles. The maximum absolute atomic E-state index is 12.3. The first-order chi connectivity index (χ1) is 16.5. The molecule has 5 rings (SSSR count). The van der Waals surface area contributed by atoms with Gasteiger partial charge in [-0.05, 0) is 53.6 Å². The summed E-state index contributed by atoms with van der Waals surface area (Å²) in [4.78, 5) is 21.7. The fraction of sp³-hybridized carbons (Fsp3) is 0.0690. The minimum absolute atomic E-state index is 0.0458. The summed E-state index contributed by atoms with van der Waals surface area (Å²) < 4.78 is 5.14. The van der Waals surface area contributed by atoms with Crippen molar-refractivity contribution in [3.63, 3.8) is 0 Å². The van der Waals surface area contributed by atoms with E-state index < -0.39 is 5.63 Å². The molecule has 0 fully saturated rings. The number of hydrogen-bond acceptors (Lipinski definition) is 5. The van der Waals surface area contributed by atoms with Crippen molar-refractivity contribution in [2.24, 2.45) is 9.98 Å². The van der Waals surface area contributed by atoms with Gasteiger partial charge in [-0.15, -0.1) is 0 Å². The van der Waals surface area contributed by atoms with E-state index in [-0.39, 0.29) is 11.3 Å². The van der Waals surface area contributed by atoms with Gasteiger partial charge in [0.1, 0.15) is 17.1 Å². The van der Waals surface area contributed by atoms with Gasteiger partial charge in [0.25, 0.3) is 0 Å². The first-order valence-electron chi connectivity index (χ1n) is 10.9. The lowest BCUT2D eigenvalue weighted by Crippen LogP contribution is -2.12. The van der Waals surface area contributed by atoms with Crippen molar-refractivity contribution in [1.82, 2.24) is 0 Å². The van der Waals surface area contributed by atoms with Gasteiger partial charge >= 0.3 is 5.63 Å². The quantitative estimate of drug-likeness (QED) is 0.242. The molecule has 0 saturated carbocycles. The van der Waals surface area contributed by atoms with Crippen LogP contribution in [0.2, 0.25) is 0 Å². The summed E-state index contributed by atoms with van der Waals surface area (Å²) in [7, 11) is 0. The van der Waals surface area contributed by atoms with Crippen molar-refractivity contribution in [3.8, 4) is 5.75 Å². The Morgan fingerprint density at radius 2 is 1.44 bits per heavy atom. The maximum atomic E-state index is 12.3. The van der Waals surface area contributed by atoms with E-state index in [2.05, 4.69) is 35.3 Å². The minimum Gasteiger partial charge on any atom is -0.507 e. The Morgan fingerprint density at radius 3 is 2.09 bits per heavy atom. The molecule has 0 atom stereocenters. The highest BCUT2D eigenvalue weighted by Crippen LogP contribution is 2.31. The second-order valence-corrected chi connectivity index (χ2v) is 8.08. The fourth-order valence-electron chi connectivity index (χ4n) is 4.16. The summed E-state index contributed by atoms with van der Waals surface area (Å²) in [6, 6.07) is 27.5. The van der Waals surface area contributed by atoms with Gasteiger partial charge < -0.3 is 9.52 Å². The van der Waals surface area contributed by atoms with E-state index >= 15 is 0 Å². The zero-order valence-electron chi connectivity index (χ0n) is 18.8. The molecule has 0 aliphatic rings. The number of hydrogen-bond donors (Lipinski definition) is 1. The minimum atomic E-state index is -0.623. The number of aromatic hydroxyl groups is 1. The van der Waals surface area contributed by atoms with Gasteiger partial charge in [-0.2, -0.15) is 0 Å². The van der Waals surface area contributed by atoms with Gasteiger partial charge in [-0.25, -0.2) is 4.79 Å². The molecule has 0 amide bonds. The van der Waals surface area contributed by atoms with E-state index in [4.69, 9.17) is 9.41 Å². The molecule has 5 aromatic rings. The van der Waals surface area contributed by atoms with Crippen LogP contribution in [0.15, 0.2) is 104 Å². The fourth-order valence-corrected chi connectivity index (χ4v) is 4.16. The molecule has 34 heavy (non-hydrogen) atoms. The van der Waals surface area contributed by atoms with Crippen LogP contribution in [-0.4, -0.2) is 17.0 Å². The second-order valence-electron chi connectivity index (χ2n) is 8.08. The number of aliphatic imine (C=N–C) groups is 2. The van der Waals surface area contributed by atoms with Crippen molar-refractivity contribution in [2.45, 2.75) is 13.8 Å². The molecule has 166 valence electrons. The van der Waals surface area contributed by atoms with Crippen LogP contribution in [0.25, 0.3) is 21.5 Å². The normalized spacial score (nSPS) is 12.1. The number of rotatable bonds is 4. The van der Waals surface area contributed by atoms with Crippen LogP contribution in [0.4, 0.5) is 11.4 Å². The van der Waals surface area contributed by atoms with Crippen molar-refractivity contribution in [2.75, 3.05) is 0 Å². The van der Waals surface area contributed by atoms with Crippen LogP contribution in [0.5, 0.6) is 5.75 Å². The molecule has 5 heteroatoms. The molecule has 0 unspecified atom stereocenters. The highest BCUT2D eigenvalue weighted by molar-refractivity contribution is 6.14. The molecule has 1 heterocycles. The third kappa shape index (κ3) is 3.99. The SMILES string of the molecule is CC(=Nc1ccccc1N=Cc1c2ccccc2cc2ccccc12)c1c(O)cc(C)oc1=O. The number of para-hydroxylation sites is 2. The molecular weight excluding hydrogens is 424 g/mol. The Hall–Kier alpha value is -4.51. The van der Waals surface area contributed by atoms with Crippen LogP contribution in [0, 0.1) is 6.92 Å². The average Bonchev–Trinajstić information content (AvgIpc) is 2.82. The van der Waals surface area contributed by atoms with E-state index in [1.54, 1.807) is 13.8 Å². The Balaban J connectivity index is 1.62. The lowest BCUT2D eigenvalue weighted by atomic mass is 9.97. The van der Waals surface area contributed by atoms with Crippen LogP contribution >= 0.6 is 0 Å². The first kappa shape index (κ1) is 21.3. The number of aryl methyl sites for hydroxylation is 1. The number of benzene rings is 4. The molecule has 0 aliphatic carbocycles. The summed E-state index contributed by atoms with van der Waals surface area (Å²) in [5.74, 6) is 0.185. The van der Waals surface area contributed by atoms with E-state index in [1.165, 1.54) is 6.07 Å². The van der Waals surface area contributed by atoms with Gasteiger partial charge in [0.05, 0.1) is 17.1 Å². The third-order valence-corrected chi connectivity index (χ3v) is 5.73. The third-order valence-electron chi connectivity index (χ3n) is 5.73. The Bertz CT molecular complexity index is 1610. The topological polar surface area (TPSA) is 75.2 Å². The lowest BCUT2D eigenvalue weighted by molar-refractivity contribution is 0.432. The van der Waals surface area contributed by atoms with Crippen LogP contribution < -0.4 is 5.63 Å². The molecule has 0 saturated heterocycles. The molecule has 1 N–H and O–H groups in total. The standard InChI is InChI=1S/C29H22N2O3/c1-18-15-27(32)28(29(33)34-18)19(2)31-26-14-8-7-13-25(26)30-17-24-22-11-5-3-9-20(22)16-21-10-4-6-12-23(21)24/h3-17,32H,1-2H3. The zero-order chi connectivity index (χ0) is 23.7. The summed E-state index contributed by atoms with van der Waals surface area (Å²) >= 11 is 0. The Morgan fingerprint density at radius 1 is 0.853 bits per heavy atom. The maximum Gasteiger partial charge on any atom is 0.348 e. The lowest BCUT2D eigenvalue weighted by Gasteiger charge is -2.08. The van der Waals surface area contributed by atoms with Gasteiger partial charge in [0, 0.05) is 17.8 Å². The first-order valence-corrected chi connectivity index (χ1v) is 10.9. The largest absolute Gasteiger partial charge is 0.507 e. The highest BCUT2D eigenvalue weighted by atomic mass is 16.4. The monoisotopic (exact) mass is 446 g/mol. The zero-order valence-corrected chi connectivity index (χ0v) is 18.8. The smallest absolute Gasteiger partial charge is 0.348 e. The molecule has 0 bridgehead atoms. The van der Waals surface area contributed by atoms with E-state index in [9.17, 15) is 9.90 Å². The predicted octanol–water partition coefficient (Wildman–Crippen LogP) is 6.85. The average molecular weight is 447 g/mol. The molecular formula is C29H22N2O3. The van der Waals surface area contributed by atoms with Crippen molar-refractivity contribution >= 4 is 44.8 Å². The van der Waals surface area contributed by atoms with Gasteiger partial charge in [-0.3, -0.25) is 9.98 Å². The number of nitrogens with zero attached hydrogens (tertiary/aromatic N) is 2. The van der Waals surface area contributed by atoms with E-state index in [1.807, 2.05) is 54.7 Å². The molecule has 5 nitrogen and oxygen atoms in total. The predicted molar refractivity (Wildman–Crippen MR) is 138 cm³/mol. The molecule has 0 spiro atoms. The van der Waals surface area contributed by atoms with Crippen LogP contribution in [0.1, 0.15) is 23.8 Å². The van der Waals surface area contributed by atoms with Gasteiger partial charge in [0.2, 0.25) is 0 Å². The molecule has 0 radical (unpaired) electrons. The summed E-state index contributed by atoms with van der Waals surface area (Å²) in [5, 5.41) is 14.8. The second kappa shape index (κ2) is 8.79. The summed E-state index contributed by atoms with van der Waals surface area (Å²) in [5.41, 5.74) is 2.03. The van der Waals surface area contributed by atoms with E-state index in [0.29, 0.717) is 22.8 Å². The highest BCUT2D eigenvalue weighted by Gasteiger charge is 2.14. The summed E-state index contributed by atoms with van der Waals surface area (Å²) in [6.07, 6.45) is 1.87. The number of fused-ring (bicyclic) bond motifs is 2. The Kier molecular flexibility index (Phi) is 5.52. The van der Waals surface area contributed by atoms with Crippen molar-refractivity contribution in [1.29, 1.82) is 0 Å².